The molecule has 1 unspecified atom stereocenters. The molecular formula is C48H89O10P. The van der Waals surface area contributed by atoms with Crippen molar-refractivity contribution in [2.45, 2.75) is 232 Å². The molecule has 11 heteroatoms. The molecule has 0 aromatic rings. The van der Waals surface area contributed by atoms with Crippen molar-refractivity contribution in [1.29, 1.82) is 0 Å². The normalized spacial score (nSPS) is 14.1. The lowest BCUT2D eigenvalue weighted by Gasteiger charge is -2.20. The summed E-state index contributed by atoms with van der Waals surface area (Å²) in [5.74, 6) is -0.938. The number of carbonyl (C=O) groups is 2. The lowest BCUT2D eigenvalue weighted by molar-refractivity contribution is -0.161. The van der Waals surface area contributed by atoms with Gasteiger partial charge in [-0.15, -0.1) is 0 Å². The molecule has 0 radical (unpaired) electrons. The van der Waals surface area contributed by atoms with Crippen LogP contribution in [0.15, 0.2) is 36.5 Å². The summed E-state index contributed by atoms with van der Waals surface area (Å²) in [5.41, 5.74) is 0. The van der Waals surface area contributed by atoms with E-state index in [9.17, 15) is 24.2 Å². The number of allylic oxidation sites excluding steroid dienone is 6. The fourth-order valence-electron chi connectivity index (χ4n) is 6.57. The van der Waals surface area contributed by atoms with Gasteiger partial charge in [0.15, 0.2) is 6.10 Å². The van der Waals surface area contributed by atoms with Gasteiger partial charge in [0.25, 0.3) is 0 Å². The summed E-state index contributed by atoms with van der Waals surface area (Å²) < 4.78 is 32.8. The van der Waals surface area contributed by atoms with Crippen LogP contribution in [-0.4, -0.2) is 65.7 Å². The summed E-state index contributed by atoms with van der Waals surface area (Å²) in [4.78, 5) is 35.1. The standard InChI is InChI=1S/C48H89O10P/c1-3-5-7-9-11-13-15-17-19-20-21-22-23-24-26-27-29-31-33-35-37-39-47(51)55-43-46(44-57-59(53,54)56-42-45(50)41-49)58-48(52)40-38-36-34-32-30-28-25-18-16-14-12-10-8-6-4-2/h14,16-19,25,45-46,49-50H,3-13,15,20-24,26-44H2,1-2H3,(H,53,54)/b16-14+,19-17+,25-18+/t45-,46+/m1/s1. The van der Waals surface area contributed by atoms with Gasteiger partial charge in [0, 0.05) is 12.8 Å². The third kappa shape index (κ3) is 44.1. The van der Waals surface area contributed by atoms with E-state index in [2.05, 4.69) is 50.3 Å². The Morgan fingerprint density at radius 2 is 0.881 bits per heavy atom. The maximum absolute atomic E-state index is 12.6. The van der Waals surface area contributed by atoms with E-state index in [0.29, 0.717) is 12.8 Å². The maximum atomic E-state index is 12.6. The summed E-state index contributed by atoms with van der Waals surface area (Å²) in [7, 11) is -4.62. The lowest BCUT2D eigenvalue weighted by Crippen LogP contribution is -2.29. The molecule has 0 saturated carbocycles. The zero-order chi connectivity index (χ0) is 43.3. The SMILES string of the molecule is CCCCCC/C=C/C=C/CCCCCCCC(=O)O[C@@H](COC(=O)CCCCCCCCCCCCC/C=C/CCCCCCCC)COP(=O)(O)OC[C@H](O)CO. The van der Waals surface area contributed by atoms with Crippen molar-refractivity contribution < 1.29 is 47.8 Å². The van der Waals surface area contributed by atoms with Crippen LogP contribution in [0.4, 0.5) is 0 Å². The van der Waals surface area contributed by atoms with Gasteiger partial charge in [0.05, 0.1) is 19.8 Å². The van der Waals surface area contributed by atoms with E-state index in [0.717, 1.165) is 57.8 Å². The second-order valence-corrected chi connectivity index (χ2v) is 17.6. The first kappa shape index (κ1) is 57.2. The number of phosphoric ester groups is 1. The topological polar surface area (TPSA) is 149 Å². The van der Waals surface area contributed by atoms with E-state index in [1.165, 1.54) is 122 Å². The molecular weight excluding hydrogens is 767 g/mol. The summed E-state index contributed by atoms with van der Waals surface area (Å²) in [6.45, 7) is 2.36. The highest BCUT2D eigenvalue weighted by molar-refractivity contribution is 7.47. The molecule has 0 aliphatic carbocycles. The largest absolute Gasteiger partial charge is 0.472 e. The van der Waals surface area contributed by atoms with E-state index in [4.69, 9.17) is 23.6 Å². The molecule has 0 aliphatic heterocycles. The molecule has 0 aromatic heterocycles. The van der Waals surface area contributed by atoms with Gasteiger partial charge < -0.3 is 24.6 Å². The van der Waals surface area contributed by atoms with Crippen molar-refractivity contribution >= 4 is 19.8 Å². The molecule has 3 N–H and O–H groups in total. The summed E-state index contributed by atoms with van der Waals surface area (Å²) >= 11 is 0. The molecule has 346 valence electrons. The zero-order valence-corrected chi connectivity index (χ0v) is 38.6. The molecule has 0 aliphatic rings. The van der Waals surface area contributed by atoms with Crippen LogP contribution in [0.25, 0.3) is 0 Å². The monoisotopic (exact) mass is 857 g/mol. The Bertz CT molecular complexity index is 1080. The van der Waals surface area contributed by atoms with Crippen LogP contribution in [0.1, 0.15) is 219 Å². The summed E-state index contributed by atoms with van der Waals surface area (Å²) in [6.07, 6.45) is 46.8. The van der Waals surface area contributed by atoms with Gasteiger partial charge in [0.2, 0.25) is 0 Å². The van der Waals surface area contributed by atoms with Gasteiger partial charge in [0.1, 0.15) is 12.7 Å². The van der Waals surface area contributed by atoms with Crippen LogP contribution in [0.5, 0.6) is 0 Å². The molecule has 0 rings (SSSR count). The molecule has 0 heterocycles. The number of phosphoric acid groups is 1. The Balaban J connectivity index is 4.21. The number of ether oxygens (including phenoxy) is 2. The van der Waals surface area contributed by atoms with Crippen LogP contribution in [0.3, 0.4) is 0 Å². The molecule has 0 amide bonds. The van der Waals surface area contributed by atoms with E-state index in [1.54, 1.807) is 0 Å². The van der Waals surface area contributed by atoms with Gasteiger partial charge in [-0.1, -0.05) is 179 Å². The number of unbranched alkanes of at least 4 members (excludes halogenated alkanes) is 26. The van der Waals surface area contributed by atoms with E-state index >= 15 is 0 Å². The van der Waals surface area contributed by atoms with Gasteiger partial charge in [-0.25, -0.2) is 4.57 Å². The molecule has 0 fully saturated rings. The predicted octanol–water partition coefficient (Wildman–Crippen LogP) is 13.1. The highest BCUT2D eigenvalue weighted by atomic mass is 31.2. The summed E-state index contributed by atoms with van der Waals surface area (Å²) in [6, 6.07) is 0. The minimum absolute atomic E-state index is 0.167. The minimum atomic E-state index is -4.62. The number of hydrogen-bond donors (Lipinski definition) is 3. The Morgan fingerprint density at radius 3 is 1.34 bits per heavy atom. The zero-order valence-electron chi connectivity index (χ0n) is 37.7. The molecule has 3 atom stereocenters. The second kappa shape index (κ2) is 44.3. The molecule has 0 spiro atoms. The van der Waals surface area contributed by atoms with E-state index < -0.39 is 51.8 Å². The average Bonchev–Trinajstić information content (AvgIpc) is 3.22. The van der Waals surface area contributed by atoms with E-state index in [-0.39, 0.29) is 19.4 Å². The van der Waals surface area contributed by atoms with Crippen LogP contribution in [0, 0.1) is 0 Å². The minimum Gasteiger partial charge on any atom is -0.462 e. The van der Waals surface area contributed by atoms with E-state index in [1.807, 2.05) is 0 Å². The summed E-state index contributed by atoms with van der Waals surface area (Å²) in [5, 5.41) is 18.4. The number of rotatable bonds is 45. The number of aliphatic hydroxyl groups is 2. The fraction of sp³-hybridized carbons (Fsp3) is 0.833. The van der Waals surface area contributed by atoms with Crippen molar-refractivity contribution in [2.24, 2.45) is 0 Å². The third-order valence-electron chi connectivity index (χ3n) is 10.3. The van der Waals surface area contributed by atoms with Crippen LogP contribution >= 0.6 is 7.82 Å². The highest BCUT2D eigenvalue weighted by Gasteiger charge is 2.27. The fourth-order valence-corrected chi connectivity index (χ4v) is 7.36. The number of carbonyl (C=O) groups excluding carboxylic acids is 2. The van der Waals surface area contributed by atoms with Gasteiger partial charge in [-0.3, -0.25) is 18.6 Å². The maximum Gasteiger partial charge on any atom is 0.472 e. The van der Waals surface area contributed by atoms with Gasteiger partial charge in [-0.2, -0.15) is 0 Å². The van der Waals surface area contributed by atoms with Gasteiger partial charge >= 0.3 is 19.8 Å². The molecule has 10 nitrogen and oxygen atoms in total. The Labute approximate surface area is 361 Å². The van der Waals surface area contributed by atoms with Crippen LogP contribution in [-0.2, 0) is 32.7 Å². The quantitative estimate of drug-likeness (QED) is 0.0178. The smallest absolute Gasteiger partial charge is 0.462 e. The second-order valence-electron chi connectivity index (χ2n) is 16.2. The Morgan fingerprint density at radius 1 is 0.508 bits per heavy atom. The predicted molar refractivity (Wildman–Crippen MR) is 242 cm³/mol. The van der Waals surface area contributed by atoms with Crippen LogP contribution < -0.4 is 0 Å². The number of esters is 2. The molecule has 0 saturated heterocycles. The van der Waals surface area contributed by atoms with Crippen molar-refractivity contribution in [3.05, 3.63) is 36.5 Å². The van der Waals surface area contributed by atoms with Crippen molar-refractivity contribution in [3.63, 3.8) is 0 Å². The Kier molecular flexibility index (Phi) is 42.9. The number of aliphatic hydroxyl groups excluding tert-OH is 2. The highest BCUT2D eigenvalue weighted by Crippen LogP contribution is 2.43. The first-order chi connectivity index (χ1) is 28.7. The molecule has 0 bridgehead atoms. The lowest BCUT2D eigenvalue weighted by atomic mass is 10.0. The van der Waals surface area contributed by atoms with Crippen molar-refractivity contribution in [3.8, 4) is 0 Å². The molecule has 0 aromatic carbocycles. The van der Waals surface area contributed by atoms with Crippen molar-refractivity contribution in [1.82, 2.24) is 0 Å². The first-order valence-corrected chi connectivity index (χ1v) is 25.5. The molecule has 59 heavy (non-hydrogen) atoms. The third-order valence-corrected chi connectivity index (χ3v) is 11.2. The average molecular weight is 857 g/mol. The van der Waals surface area contributed by atoms with Gasteiger partial charge in [-0.05, 0) is 64.2 Å². The van der Waals surface area contributed by atoms with Crippen LogP contribution in [0.2, 0.25) is 0 Å². The number of hydrogen-bond acceptors (Lipinski definition) is 9. The Hall–Kier alpha value is -1.81. The van der Waals surface area contributed by atoms with Crippen molar-refractivity contribution in [2.75, 3.05) is 26.4 Å². The first-order valence-electron chi connectivity index (χ1n) is 24.0.